The van der Waals surface area contributed by atoms with Crippen molar-refractivity contribution < 1.29 is 18.3 Å². The Morgan fingerprint density at radius 3 is 2.67 bits per heavy atom. The summed E-state index contributed by atoms with van der Waals surface area (Å²) in [5, 5.41) is 14.2. The third-order valence-electron chi connectivity index (χ3n) is 3.55. The summed E-state index contributed by atoms with van der Waals surface area (Å²) < 4.78 is 26.3. The molecule has 0 aliphatic rings. The summed E-state index contributed by atoms with van der Waals surface area (Å²) in [5.41, 5.74) is 0.548. The molecule has 0 saturated carbocycles. The lowest BCUT2D eigenvalue weighted by Gasteiger charge is -2.07. The molecular weight excluding hydrogens is 370 g/mol. The summed E-state index contributed by atoms with van der Waals surface area (Å²) in [4.78, 5) is 20.0. The van der Waals surface area contributed by atoms with Crippen LogP contribution >= 0.6 is 0 Å². The van der Waals surface area contributed by atoms with Crippen LogP contribution in [0.4, 0.5) is 11.5 Å². The van der Waals surface area contributed by atoms with Crippen LogP contribution in [0, 0.1) is 0 Å². The molecule has 3 rings (SSSR count). The van der Waals surface area contributed by atoms with Gasteiger partial charge in [-0.1, -0.05) is 6.07 Å². The Balaban J connectivity index is 1.75. The zero-order chi connectivity index (χ0) is 19.3. The van der Waals surface area contributed by atoms with Gasteiger partial charge in [0.2, 0.25) is 0 Å². The topological polar surface area (TPSA) is 126 Å². The number of amides is 1. The zero-order valence-electron chi connectivity index (χ0n) is 14.1. The molecule has 10 heteroatoms. The van der Waals surface area contributed by atoms with E-state index >= 15 is 0 Å². The average Bonchev–Trinajstić information content (AvgIpc) is 3.16. The van der Waals surface area contributed by atoms with Gasteiger partial charge >= 0.3 is 0 Å². The third kappa shape index (κ3) is 4.30. The van der Waals surface area contributed by atoms with Gasteiger partial charge in [-0.15, -0.1) is 0 Å². The molecule has 0 radical (unpaired) electrons. The van der Waals surface area contributed by atoms with Crippen molar-refractivity contribution in [2.45, 2.75) is 4.90 Å². The van der Waals surface area contributed by atoms with Crippen LogP contribution in [0.5, 0.6) is 0 Å². The van der Waals surface area contributed by atoms with Crippen molar-refractivity contribution in [2.24, 2.45) is 0 Å². The third-order valence-corrected chi connectivity index (χ3v) is 5.17. The molecule has 0 atom stereocenters. The van der Waals surface area contributed by atoms with E-state index < -0.39 is 15.9 Å². The van der Waals surface area contributed by atoms with Crippen LogP contribution in [0.3, 0.4) is 0 Å². The minimum Gasteiger partial charge on any atom is -0.395 e. The number of nitrogens with zero attached hydrogens (tertiary/aromatic N) is 3. The van der Waals surface area contributed by atoms with Crippen LogP contribution in [0.1, 0.15) is 10.5 Å². The highest BCUT2D eigenvalue weighted by Crippen LogP contribution is 2.18. The second-order valence-corrected chi connectivity index (χ2v) is 7.28. The number of carbonyl (C=O) groups excluding carboxylic acids is 1. The van der Waals surface area contributed by atoms with Crippen molar-refractivity contribution in [3.8, 4) is 0 Å². The molecule has 9 nitrogen and oxygen atoms in total. The number of aromatic nitrogens is 3. The average molecular weight is 387 g/mol. The fourth-order valence-electron chi connectivity index (χ4n) is 2.24. The first-order valence-corrected chi connectivity index (χ1v) is 9.41. The van der Waals surface area contributed by atoms with Crippen molar-refractivity contribution in [3.05, 3.63) is 66.9 Å². The van der Waals surface area contributed by atoms with Crippen LogP contribution in [0.15, 0.2) is 66.1 Å². The molecule has 27 heavy (non-hydrogen) atoms. The number of carbonyl (C=O) groups is 1. The number of anilines is 2. The monoisotopic (exact) mass is 387 g/mol. The van der Waals surface area contributed by atoms with Gasteiger partial charge < -0.3 is 15.7 Å². The first kappa shape index (κ1) is 18.5. The van der Waals surface area contributed by atoms with Gasteiger partial charge in [0.1, 0.15) is 16.4 Å². The second-order valence-electron chi connectivity index (χ2n) is 5.43. The van der Waals surface area contributed by atoms with Crippen molar-refractivity contribution in [1.29, 1.82) is 0 Å². The maximum Gasteiger partial charge on any atom is 0.274 e. The van der Waals surface area contributed by atoms with E-state index in [9.17, 15) is 13.2 Å². The minimum absolute atomic E-state index is 0.00440. The van der Waals surface area contributed by atoms with Crippen LogP contribution in [0.2, 0.25) is 0 Å². The summed E-state index contributed by atoms with van der Waals surface area (Å²) in [6.45, 7) is 0.258. The van der Waals surface area contributed by atoms with Crippen LogP contribution < -0.4 is 10.6 Å². The number of rotatable bonds is 7. The molecule has 0 saturated heterocycles. The Hall–Kier alpha value is -3.24. The van der Waals surface area contributed by atoms with Gasteiger partial charge in [-0.05, 0) is 30.3 Å². The number of hydrogen-bond acceptors (Lipinski definition) is 7. The lowest BCUT2D eigenvalue weighted by molar-refractivity contribution is 0.102. The minimum atomic E-state index is -3.85. The molecule has 0 spiro atoms. The summed E-state index contributed by atoms with van der Waals surface area (Å²) >= 11 is 0. The molecule has 1 amide bonds. The van der Waals surface area contributed by atoms with E-state index in [0.717, 1.165) is 3.97 Å². The maximum absolute atomic E-state index is 12.7. The molecule has 0 bridgehead atoms. The predicted molar refractivity (Wildman–Crippen MR) is 99.0 cm³/mol. The Morgan fingerprint density at radius 2 is 2.00 bits per heavy atom. The first-order chi connectivity index (χ1) is 13.0. The smallest absolute Gasteiger partial charge is 0.274 e. The Labute approximate surface area is 155 Å². The lowest BCUT2D eigenvalue weighted by atomic mass is 10.3. The molecule has 0 aromatic carbocycles. The number of aliphatic hydroxyl groups excluding tert-OH is 1. The van der Waals surface area contributed by atoms with E-state index in [2.05, 4.69) is 20.6 Å². The Kier molecular flexibility index (Phi) is 5.48. The molecule has 3 aromatic heterocycles. The normalized spacial score (nSPS) is 11.1. The standard InChI is InChI=1S/C17H17N5O4S/c23-10-8-19-16-5-4-14(11-20-16)27(25,26)22-9-6-13(12-22)21-17(24)15-3-1-2-7-18-15/h1-7,9,11-12,23H,8,10H2,(H,19,20)(H,21,24). The maximum atomic E-state index is 12.7. The van der Waals surface area contributed by atoms with Crippen molar-refractivity contribution in [2.75, 3.05) is 23.8 Å². The van der Waals surface area contributed by atoms with Crippen molar-refractivity contribution >= 4 is 27.4 Å². The lowest BCUT2D eigenvalue weighted by Crippen LogP contribution is -2.14. The second kappa shape index (κ2) is 7.98. The van der Waals surface area contributed by atoms with Gasteiger partial charge in [-0.3, -0.25) is 9.78 Å². The Bertz CT molecular complexity index is 1020. The summed E-state index contributed by atoms with van der Waals surface area (Å²) in [5.74, 6) is 0.0190. The molecule has 0 unspecified atom stereocenters. The highest BCUT2D eigenvalue weighted by molar-refractivity contribution is 7.90. The summed E-state index contributed by atoms with van der Waals surface area (Å²) in [7, 11) is -3.85. The summed E-state index contributed by atoms with van der Waals surface area (Å²) in [6.07, 6.45) is 5.35. The quantitative estimate of drug-likeness (QED) is 0.555. The highest BCUT2D eigenvalue weighted by Gasteiger charge is 2.18. The van der Waals surface area contributed by atoms with E-state index in [1.807, 2.05) is 0 Å². The molecular formula is C17H17N5O4S. The molecule has 3 aromatic rings. The van der Waals surface area contributed by atoms with E-state index in [4.69, 9.17) is 5.11 Å². The van der Waals surface area contributed by atoms with Gasteiger partial charge in [0.05, 0.1) is 12.3 Å². The van der Waals surface area contributed by atoms with Gasteiger partial charge in [0, 0.05) is 31.3 Å². The van der Waals surface area contributed by atoms with Crippen LogP contribution in [-0.4, -0.2) is 46.5 Å². The predicted octanol–water partition coefficient (Wildman–Crippen LogP) is 1.17. The number of nitrogens with one attached hydrogen (secondary N) is 2. The zero-order valence-corrected chi connectivity index (χ0v) is 14.9. The Morgan fingerprint density at radius 1 is 1.15 bits per heavy atom. The molecule has 0 fully saturated rings. The molecule has 140 valence electrons. The fourth-order valence-corrected chi connectivity index (χ4v) is 3.38. The van der Waals surface area contributed by atoms with Crippen molar-refractivity contribution in [1.82, 2.24) is 13.9 Å². The number of aliphatic hydroxyl groups is 1. The largest absolute Gasteiger partial charge is 0.395 e. The molecule has 3 N–H and O–H groups in total. The van der Waals surface area contributed by atoms with E-state index in [1.165, 1.54) is 43.0 Å². The van der Waals surface area contributed by atoms with E-state index in [1.54, 1.807) is 18.2 Å². The number of hydrogen-bond donors (Lipinski definition) is 3. The fraction of sp³-hybridized carbons (Fsp3) is 0.118. The molecule has 3 heterocycles. The summed E-state index contributed by atoms with van der Waals surface area (Å²) in [6, 6.07) is 9.33. The van der Waals surface area contributed by atoms with Crippen LogP contribution in [-0.2, 0) is 10.0 Å². The van der Waals surface area contributed by atoms with E-state index in [-0.39, 0.29) is 17.2 Å². The van der Waals surface area contributed by atoms with Gasteiger partial charge in [-0.25, -0.2) is 17.4 Å². The van der Waals surface area contributed by atoms with E-state index in [0.29, 0.717) is 18.1 Å². The van der Waals surface area contributed by atoms with Gasteiger partial charge in [0.15, 0.2) is 0 Å². The van der Waals surface area contributed by atoms with Gasteiger partial charge in [0.25, 0.3) is 15.9 Å². The van der Waals surface area contributed by atoms with Gasteiger partial charge in [-0.2, -0.15) is 0 Å². The van der Waals surface area contributed by atoms with Crippen molar-refractivity contribution in [3.63, 3.8) is 0 Å². The molecule has 0 aliphatic carbocycles. The highest BCUT2D eigenvalue weighted by atomic mass is 32.2. The number of pyridine rings is 2. The first-order valence-electron chi connectivity index (χ1n) is 7.97. The molecule has 0 aliphatic heterocycles. The van der Waals surface area contributed by atoms with Crippen LogP contribution in [0.25, 0.3) is 0 Å². The SMILES string of the molecule is O=C(Nc1ccn(S(=O)(=O)c2ccc(NCCO)nc2)c1)c1ccccn1.